The lowest BCUT2D eigenvalue weighted by Gasteiger charge is -2.10. The number of para-hydroxylation sites is 1. The maximum atomic E-state index is 13.0. The first-order valence-corrected chi connectivity index (χ1v) is 9.25. The topological polar surface area (TPSA) is 77.6 Å². The summed E-state index contributed by atoms with van der Waals surface area (Å²) in [5, 5.41) is 12.4. The van der Waals surface area contributed by atoms with Gasteiger partial charge in [0.1, 0.15) is 0 Å². The van der Waals surface area contributed by atoms with Gasteiger partial charge >= 0.3 is 0 Å². The summed E-state index contributed by atoms with van der Waals surface area (Å²) in [5.41, 5.74) is 5.05. The van der Waals surface area contributed by atoms with Crippen molar-refractivity contribution in [2.24, 2.45) is 7.05 Å². The molecule has 7 heteroatoms. The molecule has 0 saturated carbocycles. The number of pyridine rings is 1. The third-order valence-electron chi connectivity index (χ3n) is 4.99. The zero-order valence-electron chi connectivity index (χ0n) is 16.2. The number of hydrogen-bond donors (Lipinski definition) is 1. The average molecular weight is 374 g/mol. The van der Waals surface area contributed by atoms with Gasteiger partial charge in [0.2, 0.25) is 0 Å². The first kappa shape index (κ1) is 17.9. The lowest BCUT2D eigenvalue weighted by molar-refractivity contribution is 0.0952. The molecule has 0 fully saturated rings. The molecule has 0 radical (unpaired) electrons. The summed E-state index contributed by atoms with van der Waals surface area (Å²) in [5.74, 6) is -0.133. The quantitative estimate of drug-likeness (QED) is 0.582. The van der Waals surface area contributed by atoms with Crippen LogP contribution in [0.1, 0.15) is 28.5 Å². The first-order chi connectivity index (χ1) is 13.6. The summed E-state index contributed by atoms with van der Waals surface area (Å²) in [6.45, 7) is 5.23. The van der Waals surface area contributed by atoms with E-state index in [0.29, 0.717) is 12.1 Å². The number of carbonyl (C=O) groups is 1. The Morgan fingerprint density at radius 1 is 1.18 bits per heavy atom. The van der Waals surface area contributed by atoms with Crippen LogP contribution in [-0.4, -0.2) is 30.5 Å². The predicted octanol–water partition coefficient (Wildman–Crippen LogP) is 3.09. The molecule has 3 aromatic heterocycles. The van der Waals surface area contributed by atoms with Crippen LogP contribution in [0.4, 0.5) is 0 Å². The lowest BCUT2D eigenvalue weighted by Crippen LogP contribution is -2.23. The minimum atomic E-state index is -0.133. The van der Waals surface area contributed by atoms with Crippen LogP contribution >= 0.6 is 0 Å². The summed E-state index contributed by atoms with van der Waals surface area (Å²) in [4.78, 5) is 17.7. The molecule has 0 unspecified atom stereocenters. The summed E-state index contributed by atoms with van der Waals surface area (Å²) in [6, 6.07) is 9.53. The van der Waals surface area contributed by atoms with Gasteiger partial charge in [-0.1, -0.05) is 18.2 Å². The standard InChI is InChI=1S/C21H22N6O/c1-4-27-13-16(12-24-27)20-9-18(17-7-5-6-8-19(17)25-20)21(28)22-10-15-11-23-26(3)14(15)2/h5-9,11-13H,4,10H2,1-3H3,(H,22,28). The van der Waals surface area contributed by atoms with Crippen LogP contribution in [0.5, 0.6) is 0 Å². The Hall–Kier alpha value is -3.48. The van der Waals surface area contributed by atoms with E-state index in [1.165, 1.54) is 0 Å². The molecule has 0 aliphatic heterocycles. The number of nitrogens with one attached hydrogen (secondary N) is 1. The van der Waals surface area contributed by atoms with E-state index in [2.05, 4.69) is 15.5 Å². The highest BCUT2D eigenvalue weighted by molar-refractivity contribution is 6.07. The fraction of sp³-hybridized carbons (Fsp3) is 0.238. The van der Waals surface area contributed by atoms with Crippen LogP contribution in [0.2, 0.25) is 0 Å². The Morgan fingerprint density at radius 2 is 2.00 bits per heavy atom. The molecular formula is C21H22N6O. The van der Waals surface area contributed by atoms with Gasteiger partial charge in [-0.25, -0.2) is 4.98 Å². The number of nitrogens with zero attached hydrogens (tertiary/aromatic N) is 5. The third-order valence-corrected chi connectivity index (χ3v) is 4.99. The van der Waals surface area contributed by atoms with Crippen LogP contribution in [0, 0.1) is 6.92 Å². The van der Waals surface area contributed by atoms with Gasteiger partial charge in [-0.3, -0.25) is 14.2 Å². The average Bonchev–Trinajstić information content (AvgIpc) is 3.33. The molecule has 0 bridgehead atoms. The van der Waals surface area contributed by atoms with Gasteiger partial charge in [0.05, 0.1) is 29.2 Å². The molecular weight excluding hydrogens is 352 g/mol. The van der Waals surface area contributed by atoms with E-state index in [9.17, 15) is 4.79 Å². The van der Waals surface area contributed by atoms with Gasteiger partial charge in [0, 0.05) is 48.5 Å². The number of fused-ring (bicyclic) bond motifs is 1. The minimum Gasteiger partial charge on any atom is -0.348 e. The number of benzene rings is 1. The maximum absolute atomic E-state index is 13.0. The Balaban J connectivity index is 1.70. The third kappa shape index (κ3) is 3.26. The molecule has 28 heavy (non-hydrogen) atoms. The van der Waals surface area contributed by atoms with E-state index in [4.69, 9.17) is 4.98 Å². The monoisotopic (exact) mass is 374 g/mol. The van der Waals surface area contributed by atoms with Crippen LogP contribution in [0.15, 0.2) is 48.9 Å². The van der Waals surface area contributed by atoms with E-state index < -0.39 is 0 Å². The van der Waals surface area contributed by atoms with Crippen molar-refractivity contribution in [3.8, 4) is 11.3 Å². The molecule has 3 heterocycles. The normalized spacial score (nSPS) is 11.1. The minimum absolute atomic E-state index is 0.133. The molecule has 1 N–H and O–H groups in total. The summed E-state index contributed by atoms with van der Waals surface area (Å²) < 4.78 is 3.64. The highest BCUT2D eigenvalue weighted by Crippen LogP contribution is 2.24. The van der Waals surface area contributed by atoms with Gasteiger partial charge in [0.25, 0.3) is 5.91 Å². The van der Waals surface area contributed by atoms with Crippen molar-refractivity contribution in [3.63, 3.8) is 0 Å². The van der Waals surface area contributed by atoms with E-state index >= 15 is 0 Å². The zero-order chi connectivity index (χ0) is 19.7. The molecule has 1 amide bonds. The summed E-state index contributed by atoms with van der Waals surface area (Å²) >= 11 is 0. The Bertz CT molecular complexity index is 1160. The van der Waals surface area contributed by atoms with Gasteiger partial charge in [-0.15, -0.1) is 0 Å². The Labute approximate surface area is 163 Å². The molecule has 0 aliphatic rings. The van der Waals surface area contributed by atoms with Gasteiger partial charge in [0.15, 0.2) is 0 Å². The number of aryl methyl sites for hydroxylation is 2. The molecule has 142 valence electrons. The second-order valence-corrected chi connectivity index (χ2v) is 6.72. The molecule has 0 aliphatic carbocycles. The number of amides is 1. The van der Waals surface area contributed by atoms with Crippen molar-refractivity contribution >= 4 is 16.8 Å². The molecule has 7 nitrogen and oxygen atoms in total. The van der Waals surface area contributed by atoms with Gasteiger partial charge in [-0.2, -0.15) is 10.2 Å². The number of hydrogen-bond acceptors (Lipinski definition) is 4. The van der Waals surface area contributed by atoms with Crippen molar-refractivity contribution in [1.29, 1.82) is 0 Å². The van der Waals surface area contributed by atoms with Crippen molar-refractivity contribution in [1.82, 2.24) is 29.9 Å². The molecule has 0 spiro atoms. The molecule has 4 aromatic rings. The van der Waals surface area contributed by atoms with Crippen molar-refractivity contribution in [2.75, 3.05) is 0 Å². The smallest absolute Gasteiger partial charge is 0.252 e. The van der Waals surface area contributed by atoms with E-state index in [1.54, 1.807) is 17.1 Å². The van der Waals surface area contributed by atoms with E-state index in [0.717, 1.165) is 40.0 Å². The zero-order valence-corrected chi connectivity index (χ0v) is 16.2. The second-order valence-electron chi connectivity index (χ2n) is 6.72. The summed E-state index contributed by atoms with van der Waals surface area (Å²) in [7, 11) is 1.89. The first-order valence-electron chi connectivity index (χ1n) is 9.25. The second kappa shape index (κ2) is 7.26. The van der Waals surface area contributed by atoms with E-state index in [1.807, 2.05) is 62.1 Å². The van der Waals surface area contributed by atoms with Crippen LogP contribution in [-0.2, 0) is 20.1 Å². The lowest BCUT2D eigenvalue weighted by atomic mass is 10.0. The van der Waals surface area contributed by atoms with E-state index in [-0.39, 0.29) is 5.91 Å². The predicted molar refractivity (Wildman–Crippen MR) is 108 cm³/mol. The maximum Gasteiger partial charge on any atom is 0.252 e. The highest BCUT2D eigenvalue weighted by Gasteiger charge is 2.15. The Morgan fingerprint density at radius 3 is 2.71 bits per heavy atom. The Kier molecular flexibility index (Phi) is 4.65. The molecule has 0 saturated heterocycles. The number of aromatic nitrogens is 5. The molecule has 1 aromatic carbocycles. The van der Waals surface area contributed by atoms with Gasteiger partial charge < -0.3 is 5.32 Å². The van der Waals surface area contributed by atoms with Crippen molar-refractivity contribution < 1.29 is 4.79 Å². The highest BCUT2D eigenvalue weighted by atomic mass is 16.1. The van der Waals surface area contributed by atoms with Gasteiger partial charge in [-0.05, 0) is 26.0 Å². The number of rotatable bonds is 5. The van der Waals surface area contributed by atoms with Crippen LogP contribution in [0.25, 0.3) is 22.2 Å². The fourth-order valence-electron chi connectivity index (χ4n) is 3.17. The largest absolute Gasteiger partial charge is 0.348 e. The SMILES string of the molecule is CCn1cc(-c2cc(C(=O)NCc3cnn(C)c3C)c3ccccc3n2)cn1. The fourth-order valence-corrected chi connectivity index (χ4v) is 3.17. The molecule has 4 rings (SSSR count). The summed E-state index contributed by atoms with van der Waals surface area (Å²) in [6.07, 6.45) is 5.50. The van der Waals surface area contributed by atoms with Crippen LogP contribution in [0.3, 0.4) is 0 Å². The number of carbonyl (C=O) groups excluding carboxylic acids is 1. The molecule has 0 atom stereocenters. The van der Waals surface area contributed by atoms with Crippen molar-refractivity contribution in [2.45, 2.75) is 26.9 Å². The van der Waals surface area contributed by atoms with Crippen LogP contribution < -0.4 is 5.32 Å². The van der Waals surface area contributed by atoms with Crippen molar-refractivity contribution in [3.05, 3.63) is 65.7 Å².